The van der Waals surface area contributed by atoms with Gasteiger partial charge in [-0.1, -0.05) is 18.2 Å². The summed E-state index contributed by atoms with van der Waals surface area (Å²) >= 11 is 5.40. The molecule has 1 aromatic rings. The van der Waals surface area contributed by atoms with Crippen LogP contribution in [0.3, 0.4) is 0 Å². The van der Waals surface area contributed by atoms with Gasteiger partial charge in [0, 0.05) is 12.4 Å². The number of rotatable bonds is 5. The Kier molecular flexibility index (Phi) is 5.40. The van der Waals surface area contributed by atoms with E-state index in [0.717, 1.165) is 5.75 Å². The molecule has 0 aliphatic heterocycles. The highest BCUT2D eigenvalue weighted by Crippen LogP contribution is 2.06. The van der Waals surface area contributed by atoms with Crippen molar-refractivity contribution < 1.29 is 9.53 Å². The van der Waals surface area contributed by atoms with Crippen molar-refractivity contribution in [1.29, 1.82) is 0 Å². The van der Waals surface area contributed by atoms with E-state index in [2.05, 4.69) is 10.6 Å². The quantitative estimate of drug-likeness (QED) is 0.594. The van der Waals surface area contributed by atoms with E-state index in [-0.39, 0.29) is 12.8 Å². The van der Waals surface area contributed by atoms with Crippen molar-refractivity contribution in [3.8, 4) is 5.75 Å². The number of alkyl halides is 1. The average molecular weight is 229 g/mol. The van der Waals surface area contributed by atoms with Crippen LogP contribution in [0.15, 0.2) is 30.3 Å². The predicted octanol–water partition coefficient (Wildman–Crippen LogP) is 1.56. The molecule has 1 aromatic carbocycles. The van der Waals surface area contributed by atoms with Gasteiger partial charge in [0.1, 0.15) is 5.75 Å². The first-order valence-electron chi connectivity index (χ1n) is 4.58. The van der Waals surface area contributed by atoms with Crippen LogP contribution in [0.1, 0.15) is 0 Å². The van der Waals surface area contributed by atoms with Gasteiger partial charge in [0.05, 0.1) is 0 Å². The third kappa shape index (κ3) is 5.12. The fraction of sp³-hybridized carbons (Fsp3) is 0.300. The van der Waals surface area contributed by atoms with Crippen LogP contribution in [0.2, 0.25) is 0 Å². The van der Waals surface area contributed by atoms with Crippen LogP contribution in [-0.4, -0.2) is 25.2 Å². The number of carbonyl (C=O) groups excluding carboxylic acids is 1. The highest BCUT2D eigenvalue weighted by molar-refractivity contribution is 6.18. The van der Waals surface area contributed by atoms with Crippen LogP contribution in [0.4, 0.5) is 4.79 Å². The minimum atomic E-state index is -0.286. The Labute approximate surface area is 93.6 Å². The van der Waals surface area contributed by atoms with Gasteiger partial charge in [-0.3, -0.25) is 0 Å². The van der Waals surface area contributed by atoms with Crippen LogP contribution < -0.4 is 15.4 Å². The van der Waals surface area contributed by atoms with Crippen LogP contribution in [0.5, 0.6) is 5.75 Å². The zero-order chi connectivity index (χ0) is 10.9. The van der Waals surface area contributed by atoms with E-state index >= 15 is 0 Å². The lowest BCUT2D eigenvalue weighted by atomic mass is 10.3. The van der Waals surface area contributed by atoms with Gasteiger partial charge in [0.2, 0.25) is 0 Å². The molecule has 0 aliphatic rings. The smallest absolute Gasteiger partial charge is 0.317 e. The van der Waals surface area contributed by atoms with Gasteiger partial charge in [0.15, 0.2) is 6.73 Å². The fourth-order valence-corrected chi connectivity index (χ4v) is 1.02. The van der Waals surface area contributed by atoms with Crippen molar-refractivity contribution in [2.24, 2.45) is 0 Å². The summed E-state index contributed by atoms with van der Waals surface area (Å²) in [5, 5.41) is 5.09. The number of ether oxygens (including phenoxy) is 1. The minimum absolute atomic E-state index is 0.137. The van der Waals surface area contributed by atoms with E-state index in [4.69, 9.17) is 16.3 Å². The summed E-state index contributed by atoms with van der Waals surface area (Å²) in [4.78, 5) is 11.0. The summed E-state index contributed by atoms with van der Waals surface area (Å²) < 4.78 is 5.25. The number of carbonyl (C=O) groups is 1. The van der Waals surface area contributed by atoms with Crippen molar-refractivity contribution in [1.82, 2.24) is 10.6 Å². The van der Waals surface area contributed by atoms with Crippen LogP contribution in [0.25, 0.3) is 0 Å². The second-order valence-electron chi connectivity index (χ2n) is 2.72. The van der Waals surface area contributed by atoms with Crippen molar-refractivity contribution in [2.75, 3.05) is 19.2 Å². The van der Waals surface area contributed by atoms with Gasteiger partial charge >= 0.3 is 6.03 Å². The number of benzene rings is 1. The molecule has 0 radical (unpaired) electrons. The Morgan fingerprint density at radius 3 is 2.67 bits per heavy atom. The average Bonchev–Trinajstić information content (AvgIpc) is 2.28. The van der Waals surface area contributed by atoms with Crippen LogP contribution >= 0.6 is 11.6 Å². The topological polar surface area (TPSA) is 50.4 Å². The third-order valence-corrected chi connectivity index (χ3v) is 1.78. The summed E-state index contributed by atoms with van der Waals surface area (Å²) in [6, 6.07) is 8.97. The van der Waals surface area contributed by atoms with Gasteiger partial charge in [0.25, 0.3) is 0 Å². The highest BCUT2D eigenvalue weighted by Gasteiger charge is 1.97. The standard InChI is InChI=1S/C10H13ClN2O2/c11-6-7-12-10(14)13-8-15-9-4-2-1-3-5-9/h1-5H,6-8H2,(H2,12,13,14). The van der Waals surface area contributed by atoms with E-state index in [1.165, 1.54) is 0 Å². The molecule has 0 saturated heterocycles. The number of para-hydroxylation sites is 1. The van der Waals surface area contributed by atoms with Gasteiger partial charge in [-0.15, -0.1) is 11.6 Å². The molecule has 5 heteroatoms. The van der Waals surface area contributed by atoms with Crippen LogP contribution in [0, 0.1) is 0 Å². The molecule has 0 heterocycles. The van der Waals surface area contributed by atoms with Gasteiger partial charge < -0.3 is 15.4 Å². The SMILES string of the molecule is O=C(NCCCl)NCOc1ccccc1. The number of amides is 2. The maximum Gasteiger partial charge on any atom is 0.317 e. The molecule has 0 spiro atoms. The molecular weight excluding hydrogens is 216 g/mol. The molecule has 0 aromatic heterocycles. The van der Waals surface area contributed by atoms with E-state index in [1.807, 2.05) is 30.3 Å². The summed E-state index contributed by atoms with van der Waals surface area (Å²) in [5.41, 5.74) is 0. The molecule has 4 nitrogen and oxygen atoms in total. The Bertz CT molecular complexity index is 293. The van der Waals surface area contributed by atoms with Crippen molar-refractivity contribution in [3.05, 3.63) is 30.3 Å². The third-order valence-electron chi connectivity index (χ3n) is 1.59. The molecule has 0 atom stereocenters. The van der Waals surface area contributed by atoms with Crippen molar-refractivity contribution in [3.63, 3.8) is 0 Å². The summed E-state index contributed by atoms with van der Waals surface area (Å²) in [7, 11) is 0. The monoisotopic (exact) mass is 228 g/mol. The van der Waals surface area contributed by atoms with E-state index < -0.39 is 0 Å². The normalized spacial score (nSPS) is 9.40. The molecule has 0 fully saturated rings. The number of hydrogen-bond acceptors (Lipinski definition) is 2. The molecule has 2 N–H and O–H groups in total. The van der Waals surface area contributed by atoms with Crippen molar-refractivity contribution >= 4 is 17.6 Å². The zero-order valence-corrected chi connectivity index (χ0v) is 8.96. The first kappa shape index (κ1) is 11.7. The maximum atomic E-state index is 11.0. The molecule has 0 unspecified atom stereocenters. The molecule has 1 rings (SSSR count). The Hall–Kier alpha value is -1.42. The zero-order valence-electron chi connectivity index (χ0n) is 8.20. The van der Waals surface area contributed by atoms with Crippen molar-refractivity contribution in [2.45, 2.75) is 0 Å². The van der Waals surface area contributed by atoms with E-state index in [9.17, 15) is 4.79 Å². The van der Waals surface area contributed by atoms with Crippen LogP contribution in [-0.2, 0) is 0 Å². The summed E-state index contributed by atoms with van der Waals surface area (Å²) in [6.45, 7) is 0.580. The first-order valence-corrected chi connectivity index (χ1v) is 5.12. The van der Waals surface area contributed by atoms with E-state index in [1.54, 1.807) is 0 Å². The molecule has 0 bridgehead atoms. The predicted molar refractivity (Wildman–Crippen MR) is 59.2 cm³/mol. The van der Waals surface area contributed by atoms with Gasteiger partial charge in [-0.25, -0.2) is 4.79 Å². The minimum Gasteiger partial charge on any atom is -0.473 e. The molecule has 0 aliphatic carbocycles. The second-order valence-corrected chi connectivity index (χ2v) is 3.10. The van der Waals surface area contributed by atoms with Gasteiger partial charge in [-0.2, -0.15) is 0 Å². The maximum absolute atomic E-state index is 11.0. The second kappa shape index (κ2) is 6.95. The summed E-state index contributed by atoms with van der Waals surface area (Å²) in [5.74, 6) is 1.11. The number of urea groups is 1. The summed E-state index contributed by atoms with van der Waals surface area (Å²) in [6.07, 6.45) is 0. The lowest BCUT2D eigenvalue weighted by molar-refractivity contribution is 0.224. The lowest BCUT2D eigenvalue weighted by Crippen LogP contribution is -2.38. The number of hydrogen-bond donors (Lipinski definition) is 2. The Morgan fingerprint density at radius 1 is 1.27 bits per heavy atom. The fourth-order valence-electron chi connectivity index (χ4n) is 0.925. The number of halogens is 1. The Morgan fingerprint density at radius 2 is 2.00 bits per heavy atom. The molecule has 2 amide bonds. The molecule has 15 heavy (non-hydrogen) atoms. The Balaban J connectivity index is 2.14. The molecule has 0 saturated carbocycles. The highest BCUT2D eigenvalue weighted by atomic mass is 35.5. The molecule has 82 valence electrons. The molecular formula is C10H13ClN2O2. The van der Waals surface area contributed by atoms with E-state index in [0.29, 0.717) is 12.4 Å². The first-order chi connectivity index (χ1) is 7.33. The number of nitrogens with one attached hydrogen (secondary N) is 2. The van der Waals surface area contributed by atoms with Gasteiger partial charge in [-0.05, 0) is 12.1 Å². The lowest BCUT2D eigenvalue weighted by Gasteiger charge is -2.08. The largest absolute Gasteiger partial charge is 0.473 e.